The van der Waals surface area contributed by atoms with Crippen LogP contribution in [0, 0.1) is 19.7 Å². The zero-order chi connectivity index (χ0) is 13.8. The zero-order valence-corrected chi connectivity index (χ0v) is 11.5. The van der Waals surface area contributed by atoms with Crippen molar-refractivity contribution in [1.82, 2.24) is 0 Å². The van der Waals surface area contributed by atoms with Gasteiger partial charge in [0.25, 0.3) is 0 Å². The Morgan fingerprint density at radius 1 is 1.05 bits per heavy atom. The van der Waals surface area contributed by atoms with Crippen LogP contribution >= 0.6 is 0 Å². The van der Waals surface area contributed by atoms with Gasteiger partial charge in [-0.15, -0.1) is 0 Å². The summed E-state index contributed by atoms with van der Waals surface area (Å²) in [7, 11) is 0. The van der Waals surface area contributed by atoms with Crippen LogP contribution in [-0.4, -0.2) is 0 Å². The quantitative estimate of drug-likeness (QED) is 0.877. The molecule has 0 aliphatic rings. The van der Waals surface area contributed by atoms with Gasteiger partial charge in [-0.05, 0) is 49.4 Å². The number of aryl methyl sites for hydroxylation is 3. The van der Waals surface area contributed by atoms with E-state index in [4.69, 9.17) is 5.73 Å². The second-order valence-electron chi connectivity index (χ2n) is 5.14. The van der Waals surface area contributed by atoms with Crippen molar-refractivity contribution >= 4 is 0 Å². The molecule has 2 heteroatoms. The summed E-state index contributed by atoms with van der Waals surface area (Å²) in [5.74, 6) is -0.172. The molecular weight excluding hydrogens is 237 g/mol. The first-order valence-electron chi connectivity index (χ1n) is 6.63. The average molecular weight is 257 g/mol. The van der Waals surface area contributed by atoms with Crippen LogP contribution in [0.5, 0.6) is 0 Å². The molecule has 0 saturated carbocycles. The molecule has 1 atom stereocenters. The first kappa shape index (κ1) is 13.8. The van der Waals surface area contributed by atoms with E-state index in [0.717, 1.165) is 18.4 Å². The molecule has 0 aliphatic carbocycles. The van der Waals surface area contributed by atoms with Crippen molar-refractivity contribution in [3.05, 3.63) is 70.5 Å². The lowest BCUT2D eigenvalue weighted by Gasteiger charge is -2.13. The summed E-state index contributed by atoms with van der Waals surface area (Å²) >= 11 is 0. The molecule has 2 N–H and O–H groups in total. The molecule has 0 fully saturated rings. The van der Waals surface area contributed by atoms with Crippen LogP contribution in [0.4, 0.5) is 4.39 Å². The van der Waals surface area contributed by atoms with Crippen molar-refractivity contribution in [3.8, 4) is 0 Å². The molecule has 0 aromatic heterocycles. The van der Waals surface area contributed by atoms with E-state index in [-0.39, 0.29) is 11.9 Å². The molecule has 0 saturated heterocycles. The molecule has 2 aromatic carbocycles. The van der Waals surface area contributed by atoms with Crippen LogP contribution in [-0.2, 0) is 6.42 Å². The summed E-state index contributed by atoms with van der Waals surface area (Å²) in [5.41, 5.74) is 10.4. The largest absolute Gasteiger partial charge is 0.324 e. The predicted octanol–water partition coefficient (Wildman–Crippen LogP) is 4.08. The van der Waals surface area contributed by atoms with Crippen molar-refractivity contribution in [2.75, 3.05) is 0 Å². The topological polar surface area (TPSA) is 26.0 Å². The third-order valence-corrected chi connectivity index (χ3v) is 3.47. The Bertz CT molecular complexity index is 546. The number of hydrogen-bond acceptors (Lipinski definition) is 1. The Labute approximate surface area is 114 Å². The average Bonchev–Trinajstić information content (AvgIpc) is 2.41. The van der Waals surface area contributed by atoms with Crippen molar-refractivity contribution in [1.29, 1.82) is 0 Å². The maximum absolute atomic E-state index is 13.2. The summed E-state index contributed by atoms with van der Waals surface area (Å²) in [6.07, 6.45) is 1.81. The van der Waals surface area contributed by atoms with Gasteiger partial charge in [0, 0.05) is 6.04 Å². The van der Waals surface area contributed by atoms with Gasteiger partial charge >= 0.3 is 0 Å². The van der Waals surface area contributed by atoms with Crippen molar-refractivity contribution < 1.29 is 4.39 Å². The van der Waals surface area contributed by atoms with Crippen LogP contribution in [0.1, 0.15) is 34.7 Å². The molecule has 19 heavy (non-hydrogen) atoms. The first-order chi connectivity index (χ1) is 9.06. The first-order valence-corrected chi connectivity index (χ1v) is 6.63. The molecule has 0 spiro atoms. The maximum Gasteiger partial charge on any atom is 0.126 e. The van der Waals surface area contributed by atoms with Gasteiger partial charge in [0.2, 0.25) is 0 Å². The van der Waals surface area contributed by atoms with E-state index in [1.807, 2.05) is 6.07 Å². The molecule has 0 radical (unpaired) electrons. The monoisotopic (exact) mass is 257 g/mol. The van der Waals surface area contributed by atoms with E-state index in [2.05, 4.69) is 31.2 Å². The highest BCUT2D eigenvalue weighted by Gasteiger charge is 2.08. The Hall–Kier alpha value is -1.67. The lowest BCUT2D eigenvalue weighted by Crippen LogP contribution is -2.11. The molecule has 0 amide bonds. The Kier molecular flexibility index (Phi) is 4.33. The van der Waals surface area contributed by atoms with Crippen LogP contribution in [0.3, 0.4) is 0 Å². The lowest BCUT2D eigenvalue weighted by atomic mass is 9.98. The predicted molar refractivity (Wildman–Crippen MR) is 77.6 cm³/mol. The fraction of sp³-hybridized carbons (Fsp3) is 0.294. The summed E-state index contributed by atoms with van der Waals surface area (Å²) in [5, 5.41) is 0. The van der Waals surface area contributed by atoms with Gasteiger partial charge < -0.3 is 5.73 Å². The van der Waals surface area contributed by atoms with Gasteiger partial charge in [-0.25, -0.2) is 4.39 Å². The molecule has 100 valence electrons. The summed E-state index contributed by atoms with van der Waals surface area (Å²) in [6, 6.07) is 13.6. The van der Waals surface area contributed by atoms with Crippen LogP contribution in [0.15, 0.2) is 42.5 Å². The van der Waals surface area contributed by atoms with Crippen LogP contribution in [0.25, 0.3) is 0 Å². The van der Waals surface area contributed by atoms with Gasteiger partial charge in [0.05, 0.1) is 0 Å². The van der Waals surface area contributed by atoms with Gasteiger partial charge in [0.1, 0.15) is 5.82 Å². The van der Waals surface area contributed by atoms with E-state index >= 15 is 0 Å². The fourth-order valence-electron chi connectivity index (χ4n) is 2.14. The molecule has 1 unspecified atom stereocenters. The molecule has 0 bridgehead atoms. The molecule has 1 nitrogen and oxygen atoms in total. The van der Waals surface area contributed by atoms with Crippen molar-refractivity contribution in [2.45, 2.75) is 32.7 Å². The molecule has 2 aromatic rings. The van der Waals surface area contributed by atoms with Gasteiger partial charge in [0.15, 0.2) is 0 Å². The van der Waals surface area contributed by atoms with Gasteiger partial charge in [-0.1, -0.05) is 42.0 Å². The summed E-state index contributed by atoms with van der Waals surface area (Å²) in [6.45, 7) is 3.85. The standard InChI is InChI=1S/C17H20FN/c1-12-3-5-14(6-4-12)7-10-17(19)15-8-9-16(18)13(2)11-15/h3-6,8-9,11,17H,7,10,19H2,1-2H3. The molecule has 0 heterocycles. The minimum Gasteiger partial charge on any atom is -0.324 e. The summed E-state index contributed by atoms with van der Waals surface area (Å²) in [4.78, 5) is 0. The van der Waals surface area contributed by atoms with Crippen LogP contribution < -0.4 is 5.73 Å². The zero-order valence-electron chi connectivity index (χ0n) is 11.5. The van der Waals surface area contributed by atoms with Crippen molar-refractivity contribution in [2.24, 2.45) is 5.73 Å². The molecule has 0 aliphatic heterocycles. The maximum atomic E-state index is 13.2. The second kappa shape index (κ2) is 5.98. The fourth-order valence-corrected chi connectivity index (χ4v) is 2.14. The minimum absolute atomic E-state index is 0.0411. The summed E-state index contributed by atoms with van der Waals surface area (Å²) < 4.78 is 13.2. The van der Waals surface area contributed by atoms with E-state index in [1.165, 1.54) is 17.2 Å². The molecule has 2 rings (SSSR count). The molecular formula is C17H20FN. The number of nitrogens with two attached hydrogens (primary N) is 1. The number of benzene rings is 2. The Morgan fingerprint density at radius 3 is 2.37 bits per heavy atom. The number of halogens is 1. The van der Waals surface area contributed by atoms with E-state index in [9.17, 15) is 4.39 Å². The highest BCUT2D eigenvalue weighted by molar-refractivity contribution is 5.27. The third-order valence-electron chi connectivity index (χ3n) is 3.47. The number of rotatable bonds is 4. The smallest absolute Gasteiger partial charge is 0.126 e. The Morgan fingerprint density at radius 2 is 1.74 bits per heavy atom. The second-order valence-corrected chi connectivity index (χ2v) is 5.14. The van der Waals surface area contributed by atoms with E-state index in [1.54, 1.807) is 13.0 Å². The highest BCUT2D eigenvalue weighted by Crippen LogP contribution is 2.19. The minimum atomic E-state index is -0.172. The Balaban J connectivity index is 1.98. The van der Waals surface area contributed by atoms with Crippen LogP contribution in [0.2, 0.25) is 0 Å². The lowest BCUT2D eigenvalue weighted by molar-refractivity contribution is 0.610. The van der Waals surface area contributed by atoms with Crippen molar-refractivity contribution in [3.63, 3.8) is 0 Å². The third kappa shape index (κ3) is 3.65. The van der Waals surface area contributed by atoms with Gasteiger partial charge in [-0.2, -0.15) is 0 Å². The number of hydrogen-bond donors (Lipinski definition) is 1. The SMILES string of the molecule is Cc1ccc(CCC(N)c2ccc(F)c(C)c2)cc1. The van der Waals surface area contributed by atoms with Gasteiger partial charge in [-0.3, -0.25) is 0 Å². The highest BCUT2D eigenvalue weighted by atomic mass is 19.1. The van der Waals surface area contributed by atoms with E-state index < -0.39 is 0 Å². The normalized spacial score (nSPS) is 12.4. The van der Waals surface area contributed by atoms with E-state index in [0.29, 0.717) is 5.56 Å².